The normalized spacial score (nSPS) is 15.5. The second-order valence-electron chi connectivity index (χ2n) is 5.76. The van der Waals surface area contributed by atoms with E-state index in [2.05, 4.69) is 34.4 Å². The summed E-state index contributed by atoms with van der Waals surface area (Å²) in [5, 5.41) is 6.99. The van der Waals surface area contributed by atoms with E-state index in [9.17, 15) is 0 Å². The van der Waals surface area contributed by atoms with Gasteiger partial charge in [-0.1, -0.05) is 33.1 Å². The fourth-order valence-corrected chi connectivity index (χ4v) is 2.90. The SMILES string of the molecule is CCCNc1ncnc(NCC2CCCC2)c1CCC. The average Bonchev–Trinajstić information content (AvgIpc) is 2.98. The Kier molecular flexibility index (Phi) is 6.09. The number of anilines is 2. The van der Waals surface area contributed by atoms with E-state index in [1.807, 2.05) is 0 Å². The van der Waals surface area contributed by atoms with Gasteiger partial charge in [-0.05, 0) is 31.6 Å². The van der Waals surface area contributed by atoms with Crippen molar-refractivity contribution in [2.45, 2.75) is 58.8 Å². The maximum Gasteiger partial charge on any atom is 0.134 e. The zero-order valence-electron chi connectivity index (χ0n) is 12.9. The molecule has 1 aromatic rings. The van der Waals surface area contributed by atoms with Gasteiger partial charge in [-0.3, -0.25) is 0 Å². The molecule has 2 N–H and O–H groups in total. The maximum absolute atomic E-state index is 4.46. The van der Waals surface area contributed by atoms with Crippen molar-refractivity contribution in [1.29, 1.82) is 0 Å². The summed E-state index contributed by atoms with van der Waals surface area (Å²) < 4.78 is 0. The van der Waals surface area contributed by atoms with Crippen LogP contribution >= 0.6 is 0 Å². The van der Waals surface area contributed by atoms with Crippen LogP contribution in [-0.4, -0.2) is 23.1 Å². The lowest BCUT2D eigenvalue weighted by Gasteiger charge is -2.16. The highest BCUT2D eigenvalue weighted by Crippen LogP contribution is 2.26. The number of hydrogen-bond acceptors (Lipinski definition) is 4. The van der Waals surface area contributed by atoms with Gasteiger partial charge in [0.1, 0.15) is 18.0 Å². The summed E-state index contributed by atoms with van der Waals surface area (Å²) in [6.07, 6.45) is 10.4. The molecule has 0 unspecified atom stereocenters. The molecule has 112 valence electrons. The fraction of sp³-hybridized carbons (Fsp3) is 0.750. The van der Waals surface area contributed by atoms with Gasteiger partial charge in [-0.25, -0.2) is 9.97 Å². The third-order valence-electron chi connectivity index (χ3n) is 4.02. The van der Waals surface area contributed by atoms with E-state index in [0.717, 1.165) is 49.9 Å². The quantitative estimate of drug-likeness (QED) is 0.757. The highest BCUT2D eigenvalue weighted by Gasteiger charge is 2.16. The molecule has 0 atom stereocenters. The van der Waals surface area contributed by atoms with Crippen LogP contribution in [0.3, 0.4) is 0 Å². The van der Waals surface area contributed by atoms with Crippen molar-refractivity contribution in [2.24, 2.45) is 5.92 Å². The monoisotopic (exact) mass is 276 g/mol. The number of aromatic nitrogens is 2. The minimum absolute atomic E-state index is 0.825. The van der Waals surface area contributed by atoms with E-state index in [-0.39, 0.29) is 0 Å². The summed E-state index contributed by atoms with van der Waals surface area (Å²) in [4.78, 5) is 8.88. The second-order valence-corrected chi connectivity index (χ2v) is 5.76. The Morgan fingerprint density at radius 1 is 1.05 bits per heavy atom. The zero-order valence-corrected chi connectivity index (χ0v) is 12.9. The summed E-state index contributed by atoms with van der Waals surface area (Å²) in [6, 6.07) is 0. The Bertz CT molecular complexity index is 399. The highest BCUT2D eigenvalue weighted by atomic mass is 15.1. The molecule has 1 aliphatic rings. The zero-order chi connectivity index (χ0) is 14.2. The molecule has 0 aromatic carbocycles. The van der Waals surface area contributed by atoms with E-state index in [1.165, 1.54) is 31.2 Å². The summed E-state index contributed by atoms with van der Waals surface area (Å²) in [5.41, 5.74) is 1.25. The van der Waals surface area contributed by atoms with Crippen molar-refractivity contribution in [2.75, 3.05) is 23.7 Å². The molecule has 20 heavy (non-hydrogen) atoms. The summed E-state index contributed by atoms with van der Waals surface area (Å²) in [7, 11) is 0. The van der Waals surface area contributed by atoms with E-state index in [1.54, 1.807) is 6.33 Å². The molecule has 0 radical (unpaired) electrons. The van der Waals surface area contributed by atoms with Gasteiger partial charge in [0.05, 0.1) is 0 Å². The first-order chi connectivity index (χ1) is 9.85. The van der Waals surface area contributed by atoms with Crippen molar-refractivity contribution in [3.63, 3.8) is 0 Å². The van der Waals surface area contributed by atoms with Gasteiger partial charge < -0.3 is 10.6 Å². The first-order valence-corrected chi connectivity index (χ1v) is 8.16. The topological polar surface area (TPSA) is 49.8 Å². The van der Waals surface area contributed by atoms with Crippen molar-refractivity contribution in [1.82, 2.24) is 9.97 Å². The Morgan fingerprint density at radius 3 is 2.40 bits per heavy atom. The van der Waals surface area contributed by atoms with Gasteiger partial charge in [-0.15, -0.1) is 0 Å². The predicted octanol–water partition coefficient (Wildman–Crippen LogP) is 3.85. The predicted molar refractivity (Wildman–Crippen MR) is 85.3 cm³/mol. The Balaban J connectivity index is 2.04. The molecule has 1 saturated carbocycles. The minimum Gasteiger partial charge on any atom is -0.370 e. The number of rotatable bonds is 8. The lowest BCUT2D eigenvalue weighted by atomic mass is 10.1. The molecule has 0 saturated heterocycles. The summed E-state index contributed by atoms with van der Waals surface area (Å²) >= 11 is 0. The van der Waals surface area contributed by atoms with E-state index in [0.29, 0.717) is 0 Å². The largest absolute Gasteiger partial charge is 0.370 e. The fourth-order valence-electron chi connectivity index (χ4n) is 2.90. The van der Waals surface area contributed by atoms with Crippen molar-refractivity contribution in [3.05, 3.63) is 11.9 Å². The first-order valence-electron chi connectivity index (χ1n) is 8.16. The molecule has 1 fully saturated rings. The molecule has 0 amide bonds. The van der Waals surface area contributed by atoms with Crippen LogP contribution in [0.2, 0.25) is 0 Å². The molecule has 1 aliphatic carbocycles. The van der Waals surface area contributed by atoms with Gasteiger partial charge in [0.15, 0.2) is 0 Å². The molecule has 0 aliphatic heterocycles. The number of nitrogens with one attached hydrogen (secondary N) is 2. The van der Waals surface area contributed by atoms with E-state index >= 15 is 0 Å². The van der Waals surface area contributed by atoms with E-state index in [4.69, 9.17) is 0 Å². The van der Waals surface area contributed by atoms with Gasteiger partial charge in [0, 0.05) is 18.7 Å². The molecular formula is C16H28N4. The van der Waals surface area contributed by atoms with Gasteiger partial charge in [0.25, 0.3) is 0 Å². The molecular weight excluding hydrogens is 248 g/mol. The van der Waals surface area contributed by atoms with Crippen LogP contribution in [0, 0.1) is 5.92 Å². The molecule has 1 heterocycles. The Labute approximate surface area is 122 Å². The maximum atomic E-state index is 4.46. The van der Waals surface area contributed by atoms with Gasteiger partial charge in [0.2, 0.25) is 0 Å². The van der Waals surface area contributed by atoms with Crippen LogP contribution in [-0.2, 0) is 6.42 Å². The number of nitrogens with zero attached hydrogens (tertiary/aromatic N) is 2. The minimum atomic E-state index is 0.825. The van der Waals surface area contributed by atoms with Crippen molar-refractivity contribution in [3.8, 4) is 0 Å². The first kappa shape index (κ1) is 15.1. The van der Waals surface area contributed by atoms with Crippen molar-refractivity contribution >= 4 is 11.6 Å². The third-order valence-corrected chi connectivity index (χ3v) is 4.02. The van der Waals surface area contributed by atoms with Crippen molar-refractivity contribution < 1.29 is 0 Å². The molecule has 0 spiro atoms. The van der Waals surface area contributed by atoms with Crippen LogP contribution in [0.25, 0.3) is 0 Å². The lowest BCUT2D eigenvalue weighted by molar-refractivity contribution is 0.578. The highest BCUT2D eigenvalue weighted by molar-refractivity contribution is 5.57. The standard InChI is InChI=1S/C16H28N4/c1-3-7-14-15(17-10-4-2)19-12-20-16(14)18-11-13-8-5-6-9-13/h12-13H,3-11H2,1-2H3,(H2,17,18,19,20). The molecule has 4 nitrogen and oxygen atoms in total. The molecule has 2 rings (SSSR count). The molecule has 4 heteroatoms. The molecule has 0 bridgehead atoms. The lowest BCUT2D eigenvalue weighted by Crippen LogP contribution is -2.15. The van der Waals surface area contributed by atoms with Crippen LogP contribution in [0.5, 0.6) is 0 Å². The summed E-state index contributed by atoms with van der Waals surface area (Å²) in [5.74, 6) is 2.87. The summed E-state index contributed by atoms with van der Waals surface area (Å²) in [6.45, 7) is 6.40. The molecule has 1 aromatic heterocycles. The average molecular weight is 276 g/mol. The van der Waals surface area contributed by atoms with Crippen LogP contribution < -0.4 is 10.6 Å². The third kappa shape index (κ3) is 4.09. The second kappa shape index (κ2) is 8.08. The number of hydrogen-bond donors (Lipinski definition) is 2. The van der Waals surface area contributed by atoms with E-state index < -0.39 is 0 Å². The van der Waals surface area contributed by atoms with Crippen LogP contribution in [0.15, 0.2) is 6.33 Å². The van der Waals surface area contributed by atoms with Gasteiger partial charge in [-0.2, -0.15) is 0 Å². The van der Waals surface area contributed by atoms with Crippen LogP contribution in [0.4, 0.5) is 11.6 Å². The Hall–Kier alpha value is -1.32. The van der Waals surface area contributed by atoms with Gasteiger partial charge >= 0.3 is 0 Å². The Morgan fingerprint density at radius 2 is 1.75 bits per heavy atom. The van der Waals surface area contributed by atoms with Crippen LogP contribution in [0.1, 0.15) is 57.9 Å². The smallest absolute Gasteiger partial charge is 0.134 e.